The topological polar surface area (TPSA) is 51.2 Å². The van der Waals surface area contributed by atoms with E-state index in [0.717, 1.165) is 5.56 Å². The number of hydrogen-bond donors (Lipinski definition) is 1. The molecular weight excluding hydrogens is 252 g/mol. The van der Waals surface area contributed by atoms with Crippen LogP contribution < -0.4 is 5.32 Å². The lowest BCUT2D eigenvalue weighted by molar-refractivity contribution is 0.0636. The fourth-order valence-corrected chi connectivity index (χ4v) is 1.38. The van der Waals surface area contributed by atoms with E-state index in [1.165, 1.54) is 0 Å². The number of rotatable bonds is 2. The average molecular weight is 269 g/mol. The fraction of sp³-hybridized carbons (Fsp3) is 0.385. The van der Waals surface area contributed by atoms with E-state index in [2.05, 4.69) is 10.3 Å². The number of nitrogens with one attached hydrogen (secondary N) is 1. The highest BCUT2D eigenvalue weighted by Gasteiger charge is 2.16. The van der Waals surface area contributed by atoms with Crippen LogP contribution in [-0.4, -0.2) is 16.7 Å². The highest BCUT2D eigenvalue weighted by atomic mass is 35.5. The summed E-state index contributed by atoms with van der Waals surface area (Å²) in [6.45, 7) is 7.18. The Morgan fingerprint density at radius 1 is 1.50 bits per heavy atom. The zero-order valence-electron chi connectivity index (χ0n) is 11.0. The van der Waals surface area contributed by atoms with Gasteiger partial charge >= 0.3 is 6.09 Å². The molecule has 0 aliphatic heterocycles. The van der Waals surface area contributed by atoms with Crippen molar-refractivity contribution in [2.75, 3.05) is 5.32 Å². The lowest BCUT2D eigenvalue weighted by atomic mass is 10.2. The van der Waals surface area contributed by atoms with Crippen molar-refractivity contribution in [2.45, 2.75) is 33.3 Å². The number of nitrogens with zero attached hydrogens (tertiary/aromatic N) is 1. The Hall–Kier alpha value is -1.55. The summed E-state index contributed by atoms with van der Waals surface area (Å²) in [5, 5.41) is 3.26. The number of pyridine rings is 1. The van der Waals surface area contributed by atoms with E-state index in [1.54, 1.807) is 52.2 Å². The molecule has 0 radical (unpaired) electrons. The van der Waals surface area contributed by atoms with Gasteiger partial charge in [-0.15, -0.1) is 0 Å². The van der Waals surface area contributed by atoms with E-state index >= 15 is 0 Å². The predicted octanol–water partition coefficient (Wildman–Crippen LogP) is 4.03. The summed E-state index contributed by atoms with van der Waals surface area (Å²) >= 11 is 5.82. The van der Waals surface area contributed by atoms with Crippen molar-refractivity contribution in [3.05, 3.63) is 29.1 Å². The van der Waals surface area contributed by atoms with Gasteiger partial charge in [-0.05, 0) is 39.8 Å². The maximum atomic E-state index is 11.7. The second-order valence-corrected chi connectivity index (χ2v) is 5.42. The molecule has 4 nitrogen and oxygen atoms in total. The van der Waals surface area contributed by atoms with Crippen molar-refractivity contribution in [3.8, 4) is 0 Å². The summed E-state index contributed by atoms with van der Waals surface area (Å²) in [4.78, 5) is 15.6. The Morgan fingerprint density at radius 3 is 2.72 bits per heavy atom. The van der Waals surface area contributed by atoms with Gasteiger partial charge in [-0.1, -0.05) is 11.6 Å². The monoisotopic (exact) mass is 268 g/mol. The number of carbonyl (C=O) groups is 1. The number of aromatic nitrogens is 1. The summed E-state index contributed by atoms with van der Waals surface area (Å²) in [7, 11) is 0. The van der Waals surface area contributed by atoms with E-state index in [9.17, 15) is 4.79 Å². The van der Waals surface area contributed by atoms with Gasteiger partial charge in [-0.2, -0.15) is 0 Å². The fourth-order valence-electron chi connectivity index (χ4n) is 1.26. The van der Waals surface area contributed by atoms with Gasteiger partial charge in [0, 0.05) is 16.8 Å². The minimum atomic E-state index is -0.537. The third-order valence-electron chi connectivity index (χ3n) is 1.84. The number of carbonyl (C=O) groups excluding carboxylic acids is 1. The molecule has 0 saturated heterocycles. The van der Waals surface area contributed by atoms with Gasteiger partial charge in [0.05, 0.1) is 11.9 Å². The van der Waals surface area contributed by atoms with Crippen molar-refractivity contribution in [2.24, 2.45) is 0 Å². The number of anilines is 1. The third kappa shape index (κ3) is 5.19. The van der Waals surface area contributed by atoms with Gasteiger partial charge < -0.3 is 4.74 Å². The van der Waals surface area contributed by atoms with Crippen LogP contribution in [0.4, 0.5) is 10.5 Å². The maximum Gasteiger partial charge on any atom is 0.412 e. The van der Waals surface area contributed by atoms with E-state index in [0.29, 0.717) is 10.7 Å². The molecule has 18 heavy (non-hydrogen) atoms. The minimum Gasteiger partial charge on any atom is -0.444 e. The first-order chi connectivity index (χ1) is 8.28. The number of allylic oxidation sites excluding steroid dienone is 1. The highest BCUT2D eigenvalue weighted by Crippen LogP contribution is 2.19. The molecule has 1 N–H and O–H groups in total. The molecule has 1 heterocycles. The summed E-state index contributed by atoms with van der Waals surface area (Å²) in [5.41, 5.74) is 0.806. The molecule has 98 valence electrons. The largest absolute Gasteiger partial charge is 0.444 e. The normalized spacial score (nSPS) is 12.2. The molecule has 0 atom stereocenters. The molecule has 0 aliphatic carbocycles. The zero-order valence-corrected chi connectivity index (χ0v) is 11.7. The SMILES string of the molecule is C/C(Cl)=C/c1ccncc1NC(=O)OC(C)(C)C. The highest BCUT2D eigenvalue weighted by molar-refractivity contribution is 6.31. The molecule has 1 aromatic rings. The molecule has 0 aromatic carbocycles. The summed E-state index contributed by atoms with van der Waals surface area (Å²) in [6, 6.07) is 1.76. The lowest BCUT2D eigenvalue weighted by Crippen LogP contribution is -2.27. The van der Waals surface area contributed by atoms with Crippen molar-refractivity contribution in [1.82, 2.24) is 4.98 Å². The van der Waals surface area contributed by atoms with Crippen LogP contribution >= 0.6 is 11.6 Å². The van der Waals surface area contributed by atoms with Crippen molar-refractivity contribution < 1.29 is 9.53 Å². The van der Waals surface area contributed by atoms with E-state index in [4.69, 9.17) is 16.3 Å². The molecule has 1 amide bonds. The Labute approximate surface area is 112 Å². The quantitative estimate of drug-likeness (QED) is 0.881. The molecule has 0 fully saturated rings. The molecule has 1 rings (SSSR count). The number of hydrogen-bond acceptors (Lipinski definition) is 3. The van der Waals surface area contributed by atoms with Gasteiger partial charge in [0.25, 0.3) is 0 Å². The predicted molar refractivity (Wildman–Crippen MR) is 73.6 cm³/mol. The van der Waals surface area contributed by atoms with Crippen LogP contribution in [0.15, 0.2) is 23.5 Å². The Morgan fingerprint density at radius 2 is 2.17 bits per heavy atom. The van der Waals surface area contributed by atoms with Gasteiger partial charge in [0.1, 0.15) is 5.60 Å². The molecule has 0 unspecified atom stereocenters. The minimum absolute atomic E-state index is 0.516. The smallest absolute Gasteiger partial charge is 0.412 e. The first kappa shape index (κ1) is 14.5. The molecule has 5 heteroatoms. The first-order valence-corrected chi connectivity index (χ1v) is 5.93. The van der Waals surface area contributed by atoms with Crippen LogP contribution in [0.3, 0.4) is 0 Å². The second kappa shape index (κ2) is 5.87. The van der Waals surface area contributed by atoms with Crippen LogP contribution in [0, 0.1) is 0 Å². The van der Waals surface area contributed by atoms with Crippen LogP contribution in [0.1, 0.15) is 33.3 Å². The van der Waals surface area contributed by atoms with Crippen LogP contribution in [-0.2, 0) is 4.74 Å². The van der Waals surface area contributed by atoms with Gasteiger partial charge in [0.2, 0.25) is 0 Å². The first-order valence-electron chi connectivity index (χ1n) is 5.56. The Kier molecular flexibility index (Phi) is 4.73. The Bertz CT molecular complexity index is 460. The van der Waals surface area contributed by atoms with Crippen LogP contribution in [0.2, 0.25) is 0 Å². The van der Waals surface area contributed by atoms with Crippen molar-refractivity contribution in [1.29, 1.82) is 0 Å². The molecule has 0 saturated carbocycles. The van der Waals surface area contributed by atoms with Gasteiger partial charge in [-0.25, -0.2) is 4.79 Å². The van der Waals surface area contributed by atoms with Crippen molar-refractivity contribution >= 4 is 29.5 Å². The summed E-state index contributed by atoms with van der Waals surface area (Å²) in [5.74, 6) is 0. The van der Waals surface area contributed by atoms with E-state index < -0.39 is 11.7 Å². The summed E-state index contributed by atoms with van der Waals surface area (Å²) in [6.07, 6.45) is 4.41. The number of amides is 1. The standard InChI is InChI=1S/C13H17ClN2O2/c1-9(14)7-10-5-6-15-8-11(10)16-12(17)18-13(2,3)4/h5-8H,1-4H3,(H,16,17)/b9-7-. The van der Waals surface area contributed by atoms with Gasteiger partial charge in [0.15, 0.2) is 0 Å². The third-order valence-corrected chi connectivity index (χ3v) is 1.95. The van der Waals surface area contributed by atoms with E-state index in [-0.39, 0.29) is 0 Å². The molecule has 0 spiro atoms. The van der Waals surface area contributed by atoms with Crippen LogP contribution in [0.25, 0.3) is 6.08 Å². The maximum absolute atomic E-state index is 11.7. The van der Waals surface area contributed by atoms with Gasteiger partial charge in [-0.3, -0.25) is 10.3 Å². The molecule has 1 aromatic heterocycles. The average Bonchev–Trinajstić information content (AvgIpc) is 2.17. The number of ether oxygens (including phenoxy) is 1. The Balaban J connectivity index is 2.85. The molecule has 0 bridgehead atoms. The second-order valence-electron chi connectivity index (χ2n) is 4.82. The zero-order chi connectivity index (χ0) is 13.8. The van der Waals surface area contributed by atoms with Crippen molar-refractivity contribution in [3.63, 3.8) is 0 Å². The number of halogens is 1. The van der Waals surface area contributed by atoms with E-state index in [1.807, 2.05) is 0 Å². The molecular formula is C13H17ClN2O2. The summed E-state index contributed by atoms with van der Waals surface area (Å²) < 4.78 is 5.17. The molecule has 0 aliphatic rings. The van der Waals surface area contributed by atoms with Crippen LogP contribution in [0.5, 0.6) is 0 Å². The lowest BCUT2D eigenvalue weighted by Gasteiger charge is -2.20.